The van der Waals surface area contributed by atoms with Crippen molar-refractivity contribution in [2.75, 3.05) is 37.6 Å². The average Bonchev–Trinajstić information content (AvgIpc) is 3.34. The Morgan fingerprint density at radius 2 is 1.97 bits per heavy atom. The molecule has 1 unspecified atom stereocenters. The first-order valence-electron chi connectivity index (χ1n) is 11.7. The van der Waals surface area contributed by atoms with E-state index in [1.807, 2.05) is 24.0 Å². The van der Waals surface area contributed by atoms with Crippen LogP contribution in [0.1, 0.15) is 46.0 Å². The summed E-state index contributed by atoms with van der Waals surface area (Å²) in [5.41, 5.74) is 1.25. The summed E-state index contributed by atoms with van der Waals surface area (Å²) in [7, 11) is 0. The van der Waals surface area contributed by atoms with E-state index < -0.39 is 0 Å². The second-order valence-electron chi connectivity index (χ2n) is 8.76. The number of piperidine rings is 1. The number of likely N-dealkylation sites (tertiary alicyclic amines) is 1. The lowest BCUT2D eigenvalue weighted by Gasteiger charge is -2.32. The van der Waals surface area contributed by atoms with Gasteiger partial charge in [0.05, 0.1) is 0 Å². The number of aromatic nitrogens is 3. The Labute approximate surface area is 183 Å². The molecule has 2 aliphatic heterocycles. The van der Waals surface area contributed by atoms with Crippen molar-refractivity contribution >= 4 is 22.9 Å². The van der Waals surface area contributed by atoms with Crippen LogP contribution in [-0.4, -0.2) is 64.1 Å². The number of amides is 1. The number of aryl methyl sites for hydroxylation is 1. The van der Waals surface area contributed by atoms with Crippen LogP contribution < -0.4 is 15.8 Å². The third-order valence-electron chi connectivity index (χ3n) is 6.79. The summed E-state index contributed by atoms with van der Waals surface area (Å²) in [4.78, 5) is 39.1. The lowest BCUT2D eigenvalue weighted by molar-refractivity contribution is -0.125. The van der Waals surface area contributed by atoms with E-state index in [4.69, 9.17) is 0 Å². The van der Waals surface area contributed by atoms with Gasteiger partial charge in [0.25, 0.3) is 5.56 Å². The van der Waals surface area contributed by atoms with Crippen LogP contribution in [0.15, 0.2) is 23.1 Å². The van der Waals surface area contributed by atoms with Crippen molar-refractivity contribution in [1.29, 1.82) is 0 Å². The minimum Gasteiger partial charge on any atom is -0.356 e. The smallest absolute Gasteiger partial charge is 0.295 e. The average molecular weight is 427 g/mol. The maximum atomic E-state index is 13.0. The molecule has 2 aliphatic rings. The van der Waals surface area contributed by atoms with Gasteiger partial charge in [-0.25, -0.2) is 9.97 Å². The van der Waals surface area contributed by atoms with Crippen molar-refractivity contribution in [3.8, 4) is 0 Å². The molecule has 0 aromatic carbocycles. The quantitative estimate of drug-likeness (QED) is 0.729. The molecule has 1 amide bonds. The third kappa shape index (κ3) is 4.74. The highest BCUT2D eigenvalue weighted by atomic mass is 16.2. The number of nitrogens with one attached hydrogen (secondary N) is 1. The van der Waals surface area contributed by atoms with Crippen LogP contribution >= 0.6 is 0 Å². The van der Waals surface area contributed by atoms with E-state index in [1.54, 1.807) is 10.8 Å². The molecule has 8 nitrogen and oxygen atoms in total. The number of carbonyl (C=O) groups is 1. The summed E-state index contributed by atoms with van der Waals surface area (Å²) < 4.78 is 1.68. The van der Waals surface area contributed by atoms with E-state index in [-0.39, 0.29) is 17.4 Å². The highest BCUT2D eigenvalue weighted by Gasteiger charge is 2.28. The summed E-state index contributed by atoms with van der Waals surface area (Å²) >= 11 is 0. The molecular weight excluding hydrogens is 392 g/mol. The van der Waals surface area contributed by atoms with Crippen molar-refractivity contribution in [2.45, 2.75) is 58.5 Å². The zero-order chi connectivity index (χ0) is 21.8. The Morgan fingerprint density at radius 1 is 1.23 bits per heavy atom. The third-order valence-corrected chi connectivity index (χ3v) is 6.79. The summed E-state index contributed by atoms with van der Waals surface area (Å²) in [6, 6.07) is 4.25. The first-order valence-corrected chi connectivity index (χ1v) is 11.7. The van der Waals surface area contributed by atoms with Gasteiger partial charge in [0.15, 0.2) is 11.5 Å². The van der Waals surface area contributed by atoms with Gasteiger partial charge in [-0.05, 0) is 71.2 Å². The number of anilines is 1. The van der Waals surface area contributed by atoms with Crippen molar-refractivity contribution < 1.29 is 4.79 Å². The molecule has 168 valence electrons. The van der Waals surface area contributed by atoms with Gasteiger partial charge in [0.2, 0.25) is 5.91 Å². The maximum absolute atomic E-state index is 13.0. The highest BCUT2D eigenvalue weighted by Crippen LogP contribution is 2.22. The van der Waals surface area contributed by atoms with Crippen LogP contribution in [-0.2, 0) is 11.3 Å². The maximum Gasteiger partial charge on any atom is 0.295 e. The van der Waals surface area contributed by atoms with Crippen LogP contribution in [0.5, 0.6) is 0 Å². The zero-order valence-corrected chi connectivity index (χ0v) is 18.7. The Balaban J connectivity index is 1.33. The molecule has 0 spiro atoms. The van der Waals surface area contributed by atoms with Crippen molar-refractivity contribution in [3.63, 3.8) is 0 Å². The van der Waals surface area contributed by atoms with Gasteiger partial charge in [0.1, 0.15) is 5.52 Å². The van der Waals surface area contributed by atoms with Crippen molar-refractivity contribution in [3.05, 3.63) is 28.7 Å². The predicted octanol–water partition coefficient (Wildman–Crippen LogP) is 2.02. The van der Waals surface area contributed by atoms with Gasteiger partial charge in [-0.15, -0.1) is 0 Å². The van der Waals surface area contributed by atoms with Gasteiger partial charge in [-0.1, -0.05) is 0 Å². The number of rotatable bonds is 7. The van der Waals surface area contributed by atoms with E-state index in [0.29, 0.717) is 37.1 Å². The molecule has 31 heavy (non-hydrogen) atoms. The minimum atomic E-state index is -0.104. The van der Waals surface area contributed by atoms with Crippen molar-refractivity contribution in [1.82, 2.24) is 24.8 Å². The van der Waals surface area contributed by atoms with Gasteiger partial charge in [-0.3, -0.25) is 14.2 Å². The van der Waals surface area contributed by atoms with E-state index in [0.717, 1.165) is 31.3 Å². The number of hydrogen-bond acceptors (Lipinski definition) is 6. The summed E-state index contributed by atoms with van der Waals surface area (Å²) in [6.45, 7) is 9.19. The van der Waals surface area contributed by atoms with Crippen LogP contribution in [0.2, 0.25) is 0 Å². The zero-order valence-electron chi connectivity index (χ0n) is 18.7. The molecule has 2 fully saturated rings. The molecule has 4 heterocycles. The Kier molecular flexibility index (Phi) is 6.85. The number of nitrogens with zero attached hydrogens (tertiary/aromatic N) is 5. The molecule has 4 rings (SSSR count). The molecule has 1 N–H and O–H groups in total. The standard InChI is InChI=1S/C23H34N6O2/c1-3-29-20-19(7-6-11-24-20)26-21(23(29)31)28-15-9-18(10-16-28)22(30)25-12-8-17(2)27-13-4-5-14-27/h6-7,11,17-18H,3-5,8-10,12-16H2,1-2H3,(H,25,30). The molecule has 2 saturated heterocycles. The van der Waals surface area contributed by atoms with Gasteiger partial charge in [-0.2, -0.15) is 0 Å². The summed E-state index contributed by atoms with van der Waals surface area (Å²) in [6.07, 6.45) is 6.75. The summed E-state index contributed by atoms with van der Waals surface area (Å²) in [5, 5.41) is 3.14. The molecule has 1 atom stereocenters. The van der Waals surface area contributed by atoms with Crippen LogP contribution in [0.3, 0.4) is 0 Å². The minimum absolute atomic E-state index is 0.00821. The second kappa shape index (κ2) is 9.77. The molecule has 0 aliphatic carbocycles. The fourth-order valence-corrected chi connectivity index (χ4v) is 4.83. The first-order chi connectivity index (χ1) is 15.1. The monoisotopic (exact) mass is 426 g/mol. The Hall–Kier alpha value is -2.48. The number of fused-ring (bicyclic) bond motifs is 1. The van der Waals surface area contributed by atoms with Crippen LogP contribution in [0.25, 0.3) is 11.2 Å². The largest absolute Gasteiger partial charge is 0.356 e. The molecule has 0 saturated carbocycles. The van der Waals surface area contributed by atoms with E-state index in [1.165, 1.54) is 25.9 Å². The lowest BCUT2D eigenvalue weighted by Crippen LogP contribution is -2.44. The SMILES string of the molecule is CCn1c(=O)c(N2CCC(C(=O)NCCC(C)N3CCCC3)CC2)nc2cccnc21. The molecule has 2 aromatic heterocycles. The van der Waals surface area contributed by atoms with E-state index >= 15 is 0 Å². The Bertz CT molecular complexity index is 960. The van der Waals surface area contributed by atoms with Gasteiger partial charge >= 0.3 is 0 Å². The molecule has 0 bridgehead atoms. The van der Waals surface area contributed by atoms with Gasteiger partial charge in [0, 0.05) is 44.3 Å². The molecule has 2 aromatic rings. The van der Waals surface area contributed by atoms with Crippen molar-refractivity contribution in [2.24, 2.45) is 5.92 Å². The summed E-state index contributed by atoms with van der Waals surface area (Å²) in [5.74, 6) is 0.629. The predicted molar refractivity (Wildman–Crippen MR) is 122 cm³/mol. The first kappa shape index (κ1) is 21.7. The highest BCUT2D eigenvalue weighted by molar-refractivity contribution is 5.79. The van der Waals surface area contributed by atoms with E-state index in [2.05, 4.69) is 27.1 Å². The fraction of sp³-hybridized carbons (Fsp3) is 0.652. The van der Waals surface area contributed by atoms with Gasteiger partial charge < -0.3 is 15.1 Å². The normalized spacial score (nSPS) is 19.1. The molecule has 8 heteroatoms. The lowest BCUT2D eigenvalue weighted by atomic mass is 9.96. The topological polar surface area (TPSA) is 83.4 Å². The number of hydrogen-bond donors (Lipinski definition) is 1. The number of pyridine rings is 1. The fourth-order valence-electron chi connectivity index (χ4n) is 4.83. The second-order valence-corrected chi connectivity index (χ2v) is 8.76. The van der Waals surface area contributed by atoms with E-state index in [9.17, 15) is 9.59 Å². The van der Waals surface area contributed by atoms with Crippen LogP contribution in [0.4, 0.5) is 5.82 Å². The number of carbonyl (C=O) groups excluding carboxylic acids is 1. The Morgan fingerprint density at radius 3 is 2.68 bits per heavy atom. The van der Waals surface area contributed by atoms with Crippen LogP contribution in [0, 0.1) is 5.92 Å². The molecule has 0 radical (unpaired) electrons. The molecular formula is C23H34N6O2.